The summed E-state index contributed by atoms with van der Waals surface area (Å²) in [5.41, 5.74) is 0. The number of carboxylic acid groups (broad SMARTS) is 1. The Morgan fingerprint density at radius 2 is 2.10 bits per heavy atom. The molecule has 0 bridgehead atoms. The van der Waals surface area contributed by atoms with E-state index in [-0.39, 0.29) is 39.2 Å². The van der Waals surface area contributed by atoms with Crippen LogP contribution in [0.3, 0.4) is 0 Å². The summed E-state index contributed by atoms with van der Waals surface area (Å²) in [6, 6.07) is 0. The molecule has 0 rings (SSSR count). The molecule has 0 fully saturated rings. The molecule has 7 heteroatoms. The fourth-order valence-electron chi connectivity index (χ4n) is 0.211. The van der Waals surface area contributed by atoms with E-state index in [2.05, 4.69) is 4.52 Å². The molecule has 5 nitrogen and oxygen atoms in total. The van der Waals surface area contributed by atoms with Gasteiger partial charge in [0, 0.05) is 30.8 Å². The number of hydrogen-bond acceptors (Lipinski definition) is 3. The van der Waals surface area contributed by atoms with Gasteiger partial charge in [-0.3, -0.25) is 4.79 Å². The van der Waals surface area contributed by atoms with Crippen molar-refractivity contribution in [2.45, 2.75) is 6.42 Å². The third kappa shape index (κ3) is 11.2. The van der Waals surface area contributed by atoms with Crippen LogP contribution in [0.2, 0.25) is 0 Å². The Morgan fingerprint density at radius 3 is 2.40 bits per heavy atom. The van der Waals surface area contributed by atoms with E-state index in [0.29, 0.717) is 0 Å². The number of hydrogen-bond donors (Lipinski definition) is 2. The van der Waals surface area contributed by atoms with Crippen molar-refractivity contribution in [3.63, 3.8) is 0 Å². The van der Waals surface area contributed by atoms with Crippen LogP contribution in [0.1, 0.15) is 6.42 Å². The van der Waals surface area contributed by atoms with Crippen LogP contribution in [0.4, 0.5) is 0 Å². The Balaban J connectivity index is 0. The quantitative estimate of drug-likeness (QED) is 0.686. The molecule has 0 saturated carbocycles. The normalized spacial score (nSPS) is 9.90. The van der Waals surface area contributed by atoms with Gasteiger partial charge < -0.3 is 5.11 Å². The van der Waals surface area contributed by atoms with Gasteiger partial charge in [-0.1, -0.05) is 0 Å². The Labute approximate surface area is 77.5 Å². The first-order valence-electron chi connectivity index (χ1n) is 2.14. The minimum absolute atomic E-state index is 0. The molecule has 0 spiro atoms. The van der Waals surface area contributed by atoms with Crippen LogP contribution in [-0.4, -0.2) is 22.6 Å². The second kappa shape index (κ2) is 7.48. The molecule has 10 heavy (non-hydrogen) atoms. The zero-order valence-corrected chi connectivity index (χ0v) is 8.33. The Hall–Kier alpha value is 0.373. The van der Waals surface area contributed by atoms with Gasteiger partial charge in [0.1, 0.15) is 6.61 Å². The van der Waals surface area contributed by atoms with E-state index in [0.717, 1.165) is 0 Å². The summed E-state index contributed by atoms with van der Waals surface area (Å²) in [6.45, 7) is -0.221. The van der Waals surface area contributed by atoms with Crippen molar-refractivity contribution >= 4 is 14.2 Å². The van der Waals surface area contributed by atoms with Gasteiger partial charge in [0.2, 0.25) is 0 Å². The van der Waals surface area contributed by atoms with Gasteiger partial charge in [-0.2, -0.15) is 0 Å². The molecule has 0 heterocycles. The topological polar surface area (TPSA) is 83.8 Å². The van der Waals surface area contributed by atoms with Crippen molar-refractivity contribution in [1.29, 1.82) is 0 Å². The van der Waals surface area contributed by atoms with Crippen molar-refractivity contribution in [3.8, 4) is 0 Å². The molecule has 56 valence electrons. The van der Waals surface area contributed by atoms with Crippen molar-refractivity contribution in [2.75, 3.05) is 6.61 Å². The van der Waals surface area contributed by atoms with E-state index in [1.165, 1.54) is 0 Å². The first-order chi connectivity index (χ1) is 4.13. The van der Waals surface area contributed by atoms with Gasteiger partial charge in [-0.15, -0.1) is 9.42 Å². The van der Waals surface area contributed by atoms with Gasteiger partial charge in [0.25, 0.3) is 0 Å². The number of aliphatic carboxylic acids is 1. The zero-order valence-electron chi connectivity index (χ0n) is 4.98. The van der Waals surface area contributed by atoms with Crippen molar-refractivity contribution < 1.29 is 50.1 Å². The summed E-state index contributed by atoms with van der Waals surface area (Å²) in [6.07, 6.45) is -0.248. The number of carboxylic acids is 1. The minimum Gasteiger partial charge on any atom is -0.481 e. The molecule has 0 aliphatic carbocycles. The van der Waals surface area contributed by atoms with Crippen LogP contribution in [-0.2, 0) is 40.1 Å². The van der Waals surface area contributed by atoms with E-state index in [1.54, 1.807) is 0 Å². The zero-order chi connectivity index (χ0) is 7.28. The Bertz CT molecular complexity index is 112. The largest absolute Gasteiger partial charge is 0.694 e. The van der Waals surface area contributed by atoms with Crippen LogP contribution in [0.25, 0.3) is 0 Å². The van der Waals surface area contributed by atoms with E-state index in [4.69, 9.17) is 10.00 Å². The fraction of sp³-hybridized carbons (Fsp3) is 0.667. The van der Waals surface area contributed by atoms with Gasteiger partial charge >= 0.3 is 14.2 Å². The smallest absolute Gasteiger partial charge is 0.481 e. The summed E-state index contributed by atoms with van der Waals surface area (Å²) in [5.74, 6) is -1.05. The molecule has 0 amide bonds. The van der Waals surface area contributed by atoms with Gasteiger partial charge in [-0.25, -0.2) is 0 Å². The molecule has 0 aliphatic heterocycles. The first-order valence-corrected chi connectivity index (χ1v) is 3.27. The molecule has 0 saturated heterocycles. The summed E-state index contributed by atoms with van der Waals surface area (Å²) < 4.78 is 13.8. The maximum absolute atomic E-state index is 9.72. The predicted molar refractivity (Wildman–Crippen MR) is 28.0 cm³/mol. The third-order valence-corrected chi connectivity index (χ3v) is 0.921. The average Bonchev–Trinajstić information content (AvgIpc) is 1.63. The maximum Gasteiger partial charge on any atom is 0.694 e. The van der Waals surface area contributed by atoms with E-state index >= 15 is 0 Å². The molecular formula is C3H6O5PZr+. The average molecular weight is 244 g/mol. The summed E-state index contributed by atoms with van der Waals surface area (Å²) in [4.78, 5) is 17.7. The van der Waals surface area contributed by atoms with Crippen LogP contribution in [0.15, 0.2) is 0 Å². The second-order valence-corrected chi connectivity index (χ2v) is 1.95. The standard InChI is InChI=1S/C3H5O5P.Zr/c4-3(5)1-2-8-9(6)7;/h1-2H2,(H-,4,5,6,7);/p+1. The van der Waals surface area contributed by atoms with E-state index < -0.39 is 14.2 Å². The van der Waals surface area contributed by atoms with Crippen LogP contribution in [0, 0.1) is 0 Å². The second-order valence-electron chi connectivity index (χ2n) is 1.21. The van der Waals surface area contributed by atoms with Gasteiger partial charge in [0.15, 0.2) is 0 Å². The molecule has 1 unspecified atom stereocenters. The fourth-order valence-corrected chi connectivity index (χ4v) is 0.459. The van der Waals surface area contributed by atoms with E-state index in [1.807, 2.05) is 0 Å². The van der Waals surface area contributed by atoms with Crippen molar-refractivity contribution in [1.82, 2.24) is 0 Å². The van der Waals surface area contributed by atoms with Crippen LogP contribution < -0.4 is 0 Å². The van der Waals surface area contributed by atoms with Crippen LogP contribution >= 0.6 is 8.25 Å². The monoisotopic (exact) mass is 243 g/mol. The molecule has 1 atom stereocenters. The molecule has 0 radical (unpaired) electrons. The Kier molecular flexibility index (Phi) is 9.72. The summed E-state index contributed by atoms with van der Waals surface area (Å²) in [7, 11) is -2.64. The molecule has 0 aromatic rings. The molecule has 0 aromatic heterocycles. The summed E-state index contributed by atoms with van der Waals surface area (Å²) in [5, 5.41) is 7.97. The first kappa shape index (κ1) is 13.0. The van der Waals surface area contributed by atoms with Gasteiger partial charge in [-0.05, 0) is 0 Å². The van der Waals surface area contributed by atoms with Crippen LogP contribution in [0.5, 0.6) is 0 Å². The van der Waals surface area contributed by atoms with Crippen molar-refractivity contribution in [3.05, 3.63) is 0 Å². The molecule has 2 N–H and O–H groups in total. The van der Waals surface area contributed by atoms with E-state index in [9.17, 15) is 9.36 Å². The maximum atomic E-state index is 9.72. The Morgan fingerprint density at radius 1 is 1.60 bits per heavy atom. The number of rotatable bonds is 4. The van der Waals surface area contributed by atoms with Crippen molar-refractivity contribution in [2.24, 2.45) is 0 Å². The number of carbonyl (C=O) groups is 1. The SMILES string of the molecule is O=C(O)CCO[P+](=O)O.[Zr]. The predicted octanol–water partition coefficient (Wildman–Crippen LogP) is 0.125. The molecular weight excluding hydrogens is 238 g/mol. The molecule has 0 aromatic carbocycles. The van der Waals surface area contributed by atoms with Gasteiger partial charge in [0.05, 0.1) is 6.42 Å². The summed E-state index contributed by atoms with van der Waals surface area (Å²) >= 11 is 0. The molecule has 0 aliphatic rings. The minimum atomic E-state index is -2.64. The third-order valence-electron chi connectivity index (χ3n) is 0.518.